The second kappa shape index (κ2) is 6.68. The first-order valence-corrected chi connectivity index (χ1v) is 5.89. The molecule has 1 aromatic heterocycles. The molecule has 2 rings (SSSR count). The Morgan fingerprint density at radius 2 is 2.10 bits per heavy atom. The van der Waals surface area contributed by atoms with Crippen molar-refractivity contribution >= 4 is 12.8 Å². The third-order valence-electron chi connectivity index (χ3n) is 2.37. The zero-order chi connectivity index (χ0) is 14.4. The molecular formula is C12H10FN3O3S. The third-order valence-corrected chi connectivity index (χ3v) is 2.59. The Hall–Kier alpha value is -2.40. The molecule has 1 aromatic carbocycles. The van der Waals surface area contributed by atoms with Crippen LogP contribution in [0.15, 0.2) is 30.5 Å². The fourth-order valence-corrected chi connectivity index (χ4v) is 1.70. The van der Waals surface area contributed by atoms with Gasteiger partial charge in [-0.3, -0.25) is 0 Å². The predicted molar refractivity (Wildman–Crippen MR) is 70.2 cm³/mol. The summed E-state index contributed by atoms with van der Waals surface area (Å²) in [6.45, 7) is -0.980. The molecule has 8 heteroatoms. The molecule has 6 nitrogen and oxygen atoms in total. The summed E-state index contributed by atoms with van der Waals surface area (Å²) in [6, 6.07) is 6.31. The molecule has 0 amide bonds. The molecule has 20 heavy (non-hydrogen) atoms. The van der Waals surface area contributed by atoms with Crippen molar-refractivity contribution in [3.8, 4) is 23.6 Å². The molecule has 0 spiro atoms. The number of hydrogen-bond donors (Lipinski definition) is 1. The van der Waals surface area contributed by atoms with Crippen LogP contribution in [0.4, 0.5) is 4.39 Å². The molecular weight excluding hydrogens is 285 g/mol. The Balaban J connectivity index is 2.20. The van der Waals surface area contributed by atoms with E-state index in [2.05, 4.69) is 17.9 Å². The molecule has 0 fully saturated rings. The van der Waals surface area contributed by atoms with Crippen molar-refractivity contribution in [2.24, 2.45) is 0 Å². The van der Waals surface area contributed by atoms with Gasteiger partial charge in [0.1, 0.15) is 12.4 Å². The number of hydrogen-bond acceptors (Lipinski definition) is 6. The second-order valence-electron chi connectivity index (χ2n) is 3.54. The number of benzene rings is 1. The largest absolute Gasteiger partial charge is 0.471 e. The minimum Gasteiger partial charge on any atom is -0.471 e. The summed E-state index contributed by atoms with van der Waals surface area (Å²) in [5.74, 6) is 0.812. The summed E-state index contributed by atoms with van der Waals surface area (Å²) in [5, 5.41) is 12.5. The molecule has 0 bridgehead atoms. The maximum atomic E-state index is 12.3. The molecule has 0 aliphatic carbocycles. The SMILES string of the molecule is N#COc1cccc(OCF)c1COc1ccn(S)n1. The Bertz CT molecular complexity index is 627. The van der Waals surface area contributed by atoms with E-state index in [1.165, 1.54) is 4.09 Å². The monoisotopic (exact) mass is 295 g/mol. The van der Waals surface area contributed by atoms with E-state index in [1.54, 1.807) is 36.7 Å². The molecule has 0 aliphatic rings. The van der Waals surface area contributed by atoms with Gasteiger partial charge in [0.25, 0.3) is 6.26 Å². The molecule has 2 aromatic rings. The van der Waals surface area contributed by atoms with Crippen LogP contribution in [0.2, 0.25) is 0 Å². The lowest BCUT2D eigenvalue weighted by atomic mass is 10.2. The molecule has 0 saturated heterocycles. The van der Waals surface area contributed by atoms with Gasteiger partial charge in [0.15, 0.2) is 5.75 Å². The van der Waals surface area contributed by atoms with Gasteiger partial charge in [-0.05, 0) is 24.9 Å². The molecule has 104 valence electrons. The first-order valence-electron chi connectivity index (χ1n) is 5.49. The quantitative estimate of drug-likeness (QED) is 0.654. The van der Waals surface area contributed by atoms with Crippen LogP contribution in [0.3, 0.4) is 0 Å². The van der Waals surface area contributed by atoms with Crippen molar-refractivity contribution in [1.82, 2.24) is 9.19 Å². The maximum Gasteiger partial charge on any atom is 0.292 e. The van der Waals surface area contributed by atoms with Crippen LogP contribution in [-0.4, -0.2) is 16.0 Å². The molecule has 0 aliphatic heterocycles. The molecule has 0 radical (unpaired) electrons. The van der Waals surface area contributed by atoms with Crippen LogP contribution in [0.1, 0.15) is 5.56 Å². The van der Waals surface area contributed by atoms with Crippen LogP contribution >= 0.6 is 12.8 Å². The van der Waals surface area contributed by atoms with Crippen molar-refractivity contribution in [2.45, 2.75) is 6.61 Å². The Kier molecular flexibility index (Phi) is 4.68. The van der Waals surface area contributed by atoms with Gasteiger partial charge in [0.05, 0.1) is 5.56 Å². The Labute approximate surface area is 119 Å². The lowest BCUT2D eigenvalue weighted by Gasteiger charge is -2.12. The van der Waals surface area contributed by atoms with Crippen molar-refractivity contribution in [2.75, 3.05) is 6.86 Å². The van der Waals surface area contributed by atoms with Crippen LogP contribution < -0.4 is 14.2 Å². The van der Waals surface area contributed by atoms with E-state index in [1.807, 2.05) is 0 Å². The highest BCUT2D eigenvalue weighted by molar-refractivity contribution is 7.78. The standard InChI is InChI=1S/C12H10FN3O3S/c13-7-18-10-2-1-3-11(19-8-14)9(10)6-17-12-4-5-16(20)15-12/h1-5,20H,6-7H2. The summed E-state index contributed by atoms with van der Waals surface area (Å²) >= 11 is 3.98. The number of thiol groups is 1. The molecule has 0 saturated carbocycles. The van der Waals surface area contributed by atoms with Crippen LogP contribution in [0.25, 0.3) is 0 Å². The number of aromatic nitrogens is 2. The minimum absolute atomic E-state index is 0.0119. The van der Waals surface area contributed by atoms with Crippen LogP contribution in [0, 0.1) is 11.5 Å². The summed E-state index contributed by atoms with van der Waals surface area (Å²) in [7, 11) is 0. The lowest BCUT2D eigenvalue weighted by molar-refractivity contribution is 0.184. The lowest BCUT2D eigenvalue weighted by Crippen LogP contribution is -2.03. The van der Waals surface area contributed by atoms with Gasteiger partial charge in [-0.2, -0.15) is 0 Å². The smallest absolute Gasteiger partial charge is 0.292 e. The average Bonchev–Trinajstić information content (AvgIpc) is 2.84. The van der Waals surface area contributed by atoms with Gasteiger partial charge >= 0.3 is 0 Å². The van der Waals surface area contributed by atoms with Gasteiger partial charge in [0.2, 0.25) is 12.7 Å². The van der Waals surface area contributed by atoms with Crippen LogP contribution in [0.5, 0.6) is 17.4 Å². The minimum atomic E-state index is -0.992. The fourth-order valence-electron chi connectivity index (χ4n) is 1.55. The maximum absolute atomic E-state index is 12.3. The Morgan fingerprint density at radius 3 is 2.75 bits per heavy atom. The van der Waals surface area contributed by atoms with Gasteiger partial charge in [-0.25, -0.2) is 8.48 Å². The summed E-state index contributed by atoms with van der Waals surface area (Å²) < 4.78 is 28.7. The molecule has 0 N–H and O–H groups in total. The molecule has 0 atom stereocenters. The first kappa shape index (κ1) is 14.0. The normalized spacial score (nSPS) is 9.85. The van der Waals surface area contributed by atoms with E-state index in [0.29, 0.717) is 11.4 Å². The number of ether oxygens (including phenoxy) is 3. The Morgan fingerprint density at radius 1 is 1.30 bits per heavy atom. The van der Waals surface area contributed by atoms with Crippen molar-refractivity contribution in [1.29, 1.82) is 5.26 Å². The number of halogens is 1. The molecule has 0 unspecified atom stereocenters. The number of nitrogens with zero attached hydrogens (tertiary/aromatic N) is 3. The summed E-state index contributed by atoms with van der Waals surface area (Å²) in [6.07, 6.45) is 3.15. The average molecular weight is 295 g/mol. The number of alkyl halides is 1. The van der Waals surface area contributed by atoms with E-state index < -0.39 is 6.86 Å². The predicted octanol–water partition coefficient (Wildman–Crippen LogP) is 2.32. The second-order valence-corrected chi connectivity index (χ2v) is 3.95. The van der Waals surface area contributed by atoms with Crippen molar-refractivity contribution in [3.63, 3.8) is 0 Å². The summed E-state index contributed by atoms with van der Waals surface area (Å²) in [5.41, 5.74) is 0.417. The highest BCUT2D eigenvalue weighted by atomic mass is 32.1. The topological polar surface area (TPSA) is 69.3 Å². The van der Waals surface area contributed by atoms with Gasteiger partial charge < -0.3 is 14.2 Å². The first-order chi connectivity index (χ1) is 9.74. The summed E-state index contributed by atoms with van der Waals surface area (Å²) in [4.78, 5) is 0. The van der Waals surface area contributed by atoms with Crippen molar-refractivity contribution < 1.29 is 18.6 Å². The highest BCUT2D eigenvalue weighted by Crippen LogP contribution is 2.29. The van der Waals surface area contributed by atoms with Crippen LogP contribution in [-0.2, 0) is 6.61 Å². The zero-order valence-corrected chi connectivity index (χ0v) is 11.1. The highest BCUT2D eigenvalue weighted by Gasteiger charge is 2.13. The van der Waals surface area contributed by atoms with E-state index in [-0.39, 0.29) is 18.1 Å². The van der Waals surface area contributed by atoms with E-state index >= 15 is 0 Å². The fraction of sp³-hybridized carbons (Fsp3) is 0.167. The van der Waals surface area contributed by atoms with E-state index in [0.717, 1.165) is 0 Å². The van der Waals surface area contributed by atoms with E-state index in [9.17, 15) is 4.39 Å². The van der Waals surface area contributed by atoms with Crippen molar-refractivity contribution in [3.05, 3.63) is 36.0 Å². The number of rotatable bonds is 6. The third kappa shape index (κ3) is 3.33. The zero-order valence-electron chi connectivity index (χ0n) is 10.2. The van der Waals surface area contributed by atoms with Gasteiger partial charge in [-0.15, -0.1) is 10.4 Å². The van der Waals surface area contributed by atoms with Gasteiger partial charge in [-0.1, -0.05) is 6.07 Å². The van der Waals surface area contributed by atoms with Gasteiger partial charge in [0, 0.05) is 12.3 Å². The molecule has 1 heterocycles. The number of nitriles is 1. The van der Waals surface area contributed by atoms with E-state index in [4.69, 9.17) is 19.5 Å².